The molecule has 0 atom stereocenters. The predicted molar refractivity (Wildman–Crippen MR) is 64.5 cm³/mol. The number of amides is 1. The summed E-state index contributed by atoms with van der Waals surface area (Å²) in [6.45, 7) is 4.73. The lowest BCUT2D eigenvalue weighted by molar-refractivity contribution is 0.0784. The number of nitrogens with zero attached hydrogens (tertiary/aromatic N) is 1. The van der Waals surface area contributed by atoms with Gasteiger partial charge in [0.05, 0.1) is 5.56 Å². The van der Waals surface area contributed by atoms with Gasteiger partial charge in [-0.15, -0.1) is 0 Å². The minimum atomic E-state index is -0.689. The van der Waals surface area contributed by atoms with E-state index in [2.05, 4.69) is 13.8 Å². The third-order valence-corrected chi connectivity index (χ3v) is 2.57. The van der Waals surface area contributed by atoms with E-state index in [4.69, 9.17) is 5.11 Å². The molecule has 3 nitrogen and oxygen atoms in total. The zero-order chi connectivity index (χ0) is 13.0. The predicted octanol–water partition coefficient (Wildman–Crippen LogP) is 2.65. The van der Waals surface area contributed by atoms with Crippen molar-refractivity contribution in [1.29, 1.82) is 0 Å². The summed E-state index contributed by atoms with van der Waals surface area (Å²) in [6.07, 6.45) is 0.877. The van der Waals surface area contributed by atoms with E-state index >= 15 is 0 Å². The topological polar surface area (TPSA) is 40.5 Å². The Morgan fingerprint density at radius 1 is 1.47 bits per heavy atom. The third kappa shape index (κ3) is 3.73. The summed E-state index contributed by atoms with van der Waals surface area (Å²) in [7, 11) is 1.65. The van der Waals surface area contributed by atoms with E-state index in [0.29, 0.717) is 12.5 Å². The monoisotopic (exact) mass is 239 g/mol. The average molecular weight is 239 g/mol. The number of rotatable bonds is 4. The molecule has 0 saturated heterocycles. The Hall–Kier alpha value is -1.58. The van der Waals surface area contributed by atoms with Crippen molar-refractivity contribution in [2.75, 3.05) is 13.6 Å². The molecule has 0 unspecified atom stereocenters. The van der Waals surface area contributed by atoms with Crippen LogP contribution in [-0.2, 0) is 0 Å². The number of carbonyl (C=O) groups excluding carboxylic acids is 1. The molecule has 0 aliphatic heterocycles. The fourth-order valence-electron chi connectivity index (χ4n) is 1.44. The van der Waals surface area contributed by atoms with Gasteiger partial charge in [-0.25, -0.2) is 4.39 Å². The molecule has 17 heavy (non-hydrogen) atoms. The fourth-order valence-corrected chi connectivity index (χ4v) is 1.44. The number of halogens is 1. The largest absolute Gasteiger partial charge is 0.508 e. The SMILES string of the molecule is CC(C)CCN(C)C(=O)c1ccc(O)cc1F. The summed E-state index contributed by atoms with van der Waals surface area (Å²) in [4.78, 5) is 13.4. The van der Waals surface area contributed by atoms with Gasteiger partial charge in [0.15, 0.2) is 0 Å². The standard InChI is InChI=1S/C13H18FNO2/c1-9(2)6-7-15(3)13(17)11-5-4-10(16)8-12(11)14/h4-5,8-9,16H,6-7H2,1-3H3. The zero-order valence-corrected chi connectivity index (χ0v) is 10.4. The highest BCUT2D eigenvalue weighted by molar-refractivity contribution is 5.94. The van der Waals surface area contributed by atoms with Gasteiger partial charge in [0.1, 0.15) is 11.6 Å². The molecule has 0 aliphatic rings. The van der Waals surface area contributed by atoms with Crippen LogP contribution in [0.1, 0.15) is 30.6 Å². The number of phenolic OH excluding ortho intramolecular Hbond substituents is 1. The van der Waals surface area contributed by atoms with Crippen LogP contribution in [0.15, 0.2) is 18.2 Å². The molecule has 1 N–H and O–H groups in total. The molecule has 1 rings (SSSR count). The van der Waals surface area contributed by atoms with Crippen LogP contribution >= 0.6 is 0 Å². The number of aromatic hydroxyl groups is 1. The smallest absolute Gasteiger partial charge is 0.256 e. The van der Waals surface area contributed by atoms with E-state index in [1.54, 1.807) is 7.05 Å². The molecule has 0 saturated carbocycles. The maximum absolute atomic E-state index is 13.5. The van der Waals surface area contributed by atoms with Crippen LogP contribution in [0.2, 0.25) is 0 Å². The van der Waals surface area contributed by atoms with Gasteiger partial charge >= 0.3 is 0 Å². The molecular weight excluding hydrogens is 221 g/mol. The van der Waals surface area contributed by atoms with E-state index < -0.39 is 5.82 Å². The van der Waals surface area contributed by atoms with Crippen molar-refractivity contribution in [3.8, 4) is 5.75 Å². The zero-order valence-electron chi connectivity index (χ0n) is 10.4. The van der Waals surface area contributed by atoms with Crippen LogP contribution in [0.3, 0.4) is 0 Å². The second-order valence-electron chi connectivity index (χ2n) is 4.57. The summed E-state index contributed by atoms with van der Waals surface area (Å²) >= 11 is 0. The number of hydrogen-bond donors (Lipinski definition) is 1. The lowest BCUT2D eigenvalue weighted by Gasteiger charge is -2.18. The molecule has 0 aliphatic carbocycles. The van der Waals surface area contributed by atoms with Crippen molar-refractivity contribution in [2.45, 2.75) is 20.3 Å². The molecule has 0 fully saturated rings. The highest BCUT2D eigenvalue weighted by Gasteiger charge is 2.16. The summed E-state index contributed by atoms with van der Waals surface area (Å²) in [6, 6.07) is 3.56. The van der Waals surface area contributed by atoms with Gasteiger partial charge < -0.3 is 10.0 Å². The lowest BCUT2D eigenvalue weighted by atomic mass is 10.1. The Bertz CT molecular complexity index is 404. The van der Waals surface area contributed by atoms with Crippen LogP contribution < -0.4 is 0 Å². The summed E-state index contributed by atoms with van der Waals surface area (Å²) in [5, 5.41) is 9.07. The summed E-state index contributed by atoms with van der Waals surface area (Å²) in [5.41, 5.74) is -0.00550. The Balaban J connectivity index is 2.75. The summed E-state index contributed by atoms with van der Waals surface area (Å²) in [5.74, 6) is -0.728. The minimum absolute atomic E-state index is 0.00550. The molecule has 1 aromatic rings. The van der Waals surface area contributed by atoms with Crippen molar-refractivity contribution in [2.24, 2.45) is 5.92 Å². The molecule has 1 aromatic carbocycles. The van der Waals surface area contributed by atoms with Crippen LogP contribution in [-0.4, -0.2) is 29.5 Å². The molecule has 0 heterocycles. The van der Waals surface area contributed by atoms with Crippen LogP contribution in [0, 0.1) is 11.7 Å². The van der Waals surface area contributed by atoms with E-state index in [0.717, 1.165) is 12.5 Å². The van der Waals surface area contributed by atoms with E-state index in [-0.39, 0.29) is 17.2 Å². The van der Waals surface area contributed by atoms with Gasteiger partial charge in [-0.05, 0) is 24.5 Å². The normalized spacial score (nSPS) is 10.6. The average Bonchev–Trinajstić information content (AvgIpc) is 2.25. The van der Waals surface area contributed by atoms with E-state index in [9.17, 15) is 9.18 Å². The highest BCUT2D eigenvalue weighted by Crippen LogP contribution is 2.16. The summed E-state index contributed by atoms with van der Waals surface area (Å²) < 4.78 is 13.5. The van der Waals surface area contributed by atoms with Crippen molar-refractivity contribution in [3.63, 3.8) is 0 Å². The Labute approximate surface area is 101 Å². The fraction of sp³-hybridized carbons (Fsp3) is 0.462. The molecule has 4 heteroatoms. The molecule has 0 aromatic heterocycles. The first-order valence-corrected chi connectivity index (χ1v) is 5.65. The van der Waals surface area contributed by atoms with E-state index in [1.807, 2.05) is 0 Å². The number of hydrogen-bond acceptors (Lipinski definition) is 2. The molecule has 0 bridgehead atoms. The molecule has 0 radical (unpaired) electrons. The second-order valence-corrected chi connectivity index (χ2v) is 4.57. The first-order valence-electron chi connectivity index (χ1n) is 5.65. The Morgan fingerprint density at radius 2 is 2.12 bits per heavy atom. The van der Waals surface area contributed by atoms with Gasteiger partial charge in [0, 0.05) is 19.7 Å². The molecule has 94 valence electrons. The Morgan fingerprint density at radius 3 is 2.65 bits per heavy atom. The second kappa shape index (κ2) is 5.66. The first kappa shape index (κ1) is 13.5. The first-order chi connectivity index (χ1) is 7.91. The molecule has 1 amide bonds. The Kier molecular flexibility index (Phi) is 4.49. The quantitative estimate of drug-likeness (QED) is 0.877. The van der Waals surface area contributed by atoms with Crippen molar-refractivity contribution in [1.82, 2.24) is 4.90 Å². The number of phenols is 1. The van der Waals surface area contributed by atoms with Gasteiger partial charge in [-0.1, -0.05) is 13.8 Å². The van der Waals surface area contributed by atoms with Crippen molar-refractivity contribution >= 4 is 5.91 Å². The van der Waals surface area contributed by atoms with Gasteiger partial charge in [-0.3, -0.25) is 4.79 Å². The maximum Gasteiger partial charge on any atom is 0.256 e. The maximum atomic E-state index is 13.5. The number of carbonyl (C=O) groups is 1. The third-order valence-electron chi connectivity index (χ3n) is 2.57. The van der Waals surface area contributed by atoms with Gasteiger partial charge in [0.2, 0.25) is 0 Å². The minimum Gasteiger partial charge on any atom is -0.508 e. The lowest BCUT2D eigenvalue weighted by Crippen LogP contribution is -2.29. The van der Waals surface area contributed by atoms with Crippen LogP contribution in [0.4, 0.5) is 4.39 Å². The molecule has 0 spiro atoms. The number of benzene rings is 1. The van der Waals surface area contributed by atoms with Crippen molar-refractivity contribution in [3.05, 3.63) is 29.6 Å². The molecular formula is C13H18FNO2. The highest BCUT2D eigenvalue weighted by atomic mass is 19.1. The van der Waals surface area contributed by atoms with Crippen LogP contribution in [0.5, 0.6) is 5.75 Å². The van der Waals surface area contributed by atoms with Gasteiger partial charge in [0.25, 0.3) is 5.91 Å². The van der Waals surface area contributed by atoms with Crippen LogP contribution in [0.25, 0.3) is 0 Å². The van der Waals surface area contributed by atoms with E-state index in [1.165, 1.54) is 17.0 Å². The van der Waals surface area contributed by atoms with Crippen molar-refractivity contribution < 1.29 is 14.3 Å². The van der Waals surface area contributed by atoms with Gasteiger partial charge in [-0.2, -0.15) is 0 Å².